The van der Waals surface area contributed by atoms with E-state index in [4.69, 9.17) is 4.42 Å². The second-order valence-electron chi connectivity index (χ2n) is 4.30. The molecule has 0 bridgehead atoms. The van der Waals surface area contributed by atoms with Gasteiger partial charge in [0.1, 0.15) is 0 Å². The molecule has 3 heteroatoms. The van der Waals surface area contributed by atoms with Crippen molar-refractivity contribution in [2.45, 2.75) is 26.7 Å². The molecule has 0 fully saturated rings. The number of hydrogen-bond donors (Lipinski definition) is 0. The van der Waals surface area contributed by atoms with Crippen LogP contribution in [0.3, 0.4) is 0 Å². The molecule has 0 amide bonds. The number of furan rings is 1. The Balaban J connectivity index is 2.03. The summed E-state index contributed by atoms with van der Waals surface area (Å²) in [5, 5.41) is 1.15. The normalized spacial score (nSPS) is 11.5. The van der Waals surface area contributed by atoms with Crippen molar-refractivity contribution < 1.29 is 4.42 Å². The van der Waals surface area contributed by atoms with Gasteiger partial charge in [0.15, 0.2) is 0 Å². The minimum Gasteiger partial charge on any atom is -0.446 e. The molecule has 2 aromatic heterocycles. The summed E-state index contributed by atoms with van der Waals surface area (Å²) >= 11 is 0. The van der Waals surface area contributed by atoms with Crippen molar-refractivity contribution in [2.75, 3.05) is 19.6 Å². The molecule has 0 saturated carbocycles. The van der Waals surface area contributed by atoms with Gasteiger partial charge in [0, 0.05) is 23.7 Å². The maximum atomic E-state index is 5.45. The predicted octanol–water partition coefficient (Wildman–Crippen LogP) is 3.10. The first-order valence-electron chi connectivity index (χ1n) is 6.38. The summed E-state index contributed by atoms with van der Waals surface area (Å²) < 4.78 is 5.45. The molecule has 0 saturated heterocycles. The van der Waals surface area contributed by atoms with Crippen LogP contribution >= 0.6 is 0 Å². The molecule has 0 aromatic carbocycles. The Hall–Kier alpha value is -1.35. The number of hydrogen-bond acceptors (Lipinski definition) is 3. The Morgan fingerprint density at radius 3 is 2.94 bits per heavy atom. The highest BCUT2D eigenvalue weighted by molar-refractivity contribution is 5.77. The summed E-state index contributed by atoms with van der Waals surface area (Å²) in [5.74, 6) is 0. The molecular weight excluding hydrogens is 212 g/mol. The van der Waals surface area contributed by atoms with E-state index in [2.05, 4.69) is 29.8 Å². The average molecular weight is 232 g/mol. The minimum absolute atomic E-state index is 0.751. The maximum absolute atomic E-state index is 5.45. The smallest absolute Gasteiger partial charge is 0.226 e. The Bertz CT molecular complexity index is 464. The third-order valence-corrected chi connectivity index (χ3v) is 3.11. The number of likely N-dealkylation sites (N-methyl/N-ethyl adjacent to an activating group) is 1. The average Bonchev–Trinajstić information content (AvgIpc) is 2.78. The molecule has 0 N–H and O–H groups in total. The molecule has 0 spiro atoms. The van der Waals surface area contributed by atoms with Gasteiger partial charge < -0.3 is 9.32 Å². The molecule has 0 atom stereocenters. The van der Waals surface area contributed by atoms with Crippen LogP contribution in [-0.4, -0.2) is 29.5 Å². The minimum atomic E-state index is 0.751. The lowest BCUT2D eigenvalue weighted by molar-refractivity contribution is 0.292. The molecule has 0 aliphatic carbocycles. The van der Waals surface area contributed by atoms with E-state index >= 15 is 0 Å². The standard InChI is InChI=1S/C14H20N2O/c1-3-9-16(4-2)10-7-12-11-17-14-13(12)6-5-8-15-14/h5-6,8,11H,3-4,7,9-10H2,1-2H3. The molecule has 17 heavy (non-hydrogen) atoms. The van der Waals surface area contributed by atoms with Crippen LogP contribution in [0.2, 0.25) is 0 Å². The summed E-state index contributed by atoms with van der Waals surface area (Å²) in [6.45, 7) is 7.81. The van der Waals surface area contributed by atoms with E-state index in [1.54, 1.807) is 6.20 Å². The van der Waals surface area contributed by atoms with Gasteiger partial charge in [-0.3, -0.25) is 0 Å². The van der Waals surface area contributed by atoms with Crippen LogP contribution in [0.15, 0.2) is 29.0 Å². The van der Waals surface area contributed by atoms with Crippen molar-refractivity contribution in [3.63, 3.8) is 0 Å². The Labute approximate surface area is 102 Å². The first kappa shape index (κ1) is 12.1. The molecular formula is C14H20N2O. The van der Waals surface area contributed by atoms with Gasteiger partial charge >= 0.3 is 0 Å². The number of aromatic nitrogens is 1. The number of rotatable bonds is 6. The van der Waals surface area contributed by atoms with E-state index in [1.165, 1.54) is 18.5 Å². The van der Waals surface area contributed by atoms with Crippen LogP contribution < -0.4 is 0 Å². The SMILES string of the molecule is CCCN(CC)CCc1coc2ncccc12. The zero-order valence-corrected chi connectivity index (χ0v) is 10.6. The third kappa shape index (κ3) is 2.86. The van der Waals surface area contributed by atoms with Gasteiger partial charge in [0.05, 0.1) is 6.26 Å². The number of fused-ring (bicyclic) bond motifs is 1. The Morgan fingerprint density at radius 1 is 1.29 bits per heavy atom. The largest absolute Gasteiger partial charge is 0.446 e. The summed E-state index contributed by atoms with van der Waals surface area (Å²) in [7, 11) is 0. The van der Waals surface area contributed by atoms with Crippen LogP contribution in [0.5, 0.6) is 0 Å². The first-order valence-corrected chi connectivity index (χ1v) is 6.38. The van der Waals surface area contributed by atoms with Crippen LogP contribution in [0.25, 0.3) is 11.1 Å². The zero-order chi connectivity index (χ0) is 12.1. The Morgan fingerprint density at radius 2 is 2.18 bits per heavy atom. The van der Waals surface area contributed by atoms with E-state index in [1.807, 2.05) is 12.3 Å². The molecule has 92 valence electrons. The van der Waals surface area contributed by atoms with Crippen molar-refractivity contribution in [1.29, 1.82) is 0 Å². The van der Waals surface area contributed by atoms with Gasteiger partial charge in [-0.1, -0.05) is 13.8 Å². The predicted molar refractivity (Wildman–Crippen MR) is 70.1 cm³/mol. The van der Waals surface area contributed by atoms with Crippen LogP contribution in [0.1, 0.15) is 25.8 Å². The molecule has 2 rings (SSSR count). The molecule has 2 heterocycles. The quantitative estimate of drug-likeness (QED) is 0.766. The fourth-order valence-electron chi connectivity index (χ4n) is 2.14. The molecule has 0 aliphatic heterocycles. The first-order chi connectivity index (χ1) is 8.35. The highest BCUT2D eigenvalue weighted by atomic mass is 16.3. The third-order valence-electron chi connectivity index (χ3n) is 3.11. The van der Waals surface area contributed by atoms with Gasteiger partial charge in [-0.15, -0.1) is 0 Å². The fraction of sp³-hybridized carbons (Fsp3) is 0.500. The second kappa shape index (κ2) is 5.82. The second-order valence-corrected chi connectivity index (χ2v) is 4.30. The topological polar surface area (TPSA) is 29.3 Å². The van der Waals surface area contributed by atoms with Crippen molar-refractivity contribution >= 4 is 11.1 Å². The summed E-state index contributed by atoms with van der Waals surface area (Å²) in [6, 6.07) is 4.04. The van der Waals surface area contributed by atoms with E-state index in [-0.39, 0.29) is 0 Å². The summed E-state index contributed by atoms with van der Waals surface area (Å²) in [5.41, 5.74) is 2.02. The molecule has 2 aromatic rings. The van der Waals surface area contributed by atoms with E-state index in [9.17, 15) is 0 Å². The molecule has 0 radical (unpaired) electrons. The molecule has 0 aliphatic rings. The molecule has 0 unspecified atom stereocenters. The summed E-state index contributed by atoms with van der Waals surface area (Å²) in [4.78, 5) is 6.67. The van der Waals surface area contributed by atoms with Crippen molar-refractivity contribution in [2.24, 2.45) is 0 Å². The van der Waals surface area contributed by atoms with Crippen LogP contribution in [-0.2, 0) is 6.42 Å². The lowest BCUT2D eigenvalue weighted by Crippen LogP contribution is -2.26. The zero-order valence-electron chi connectivity index (χ0n) is 10.6. The highest BCUT2D eigenvalue weighted by Gasteiger charge is 2.07. The van der Waals surface area contributed by atoms with Crippen LogP contribution in [0.4, 0.5) is 0 Å². The van der Waals surface area contributed by atoms with Crippen molar-refractivity contribution in [3.8, 4) is 0 Å². The lowest BCUT2D eigenvalue weighted by Gasteiger charge is -2.18. The number of nitrogens with zero attached hydrogens (tertiary/aromatic N) is 2. The highest BCUT2D eigenvalue weighted by Crippen LogP contribution is 2.19. The monoisotopic (exact) mass is 232 g/mol. The fourth-order valence-corrected chi connectivity index (χ4v) is 2.14. The lowest BCUT2D eigenvalue weighted by atomic mass is 10.1. The number of pyridine rings is 1. The molecule has 3 nitrogen and oxygen atoms in total. The van der Waals surface area contributed by atoms with Gasteiger partial charge in [-0.05, 0) is 38.1 Å². The van der Waals surface area contributed by atoms with Gasteiger partial charge in [0.2, 0.25) is 5.71 Å². The van der Waals surface area contributed by atoms with Gasteiger partial charge in [0.25, 0.3) is 0 Å². The van der Waals surface area contributed by atoms with Gasteiger partial charge in [-0.25, -0.2) is 4.98 Å². The van der Waals surface area contributed by atoms with E-state index < -0.39 is 0 Å². The van der Waals surface area contributed by atoms with E-state index in [0.717, 1.165) is 30.6 Å². The van der Waals surface area contributed by atoms with Crippen molar-refractivity contribution in [1.82, 2.24) is 9.88 Å². The van der Waals surface area contributed by atoms with E-state index in [0.29, 0.717) is 0 Å². The maximum Gasteiger partial charge on any atom is 0.226 e. The summed E-state index contributed by atoms with van der Waals surface area (Å²) in [6.07, 6.45) is 5.86. The van der Waals surface area contributed by atoms with Gasteiger partial charge in [-0.2, -0.15) is 0 Å². The van der Waals surface area contributed by atoms with Crippen LogP contribution in [0, 0.1) is 0 Å². The van der Waals surface area contributed by atoms with Crippen molar-refractivity contribution in [3.05, 3.63) is 30.2 Å². The Kier molecular flexibility index (Phi) is 4.15.